The number of nitrogens with one attached hydrogen (secondary N) is 1. The van der Waals surface area contributed by atoms with Crippen LogP contribution in [0.15, 0.2) is 48.5 Å². The van der Waals surface area contributed by atoms with Gasteiger partial charge < -0.3 is 10.1 Å². The number of esters is 1. The zero-order valence-corrected chi connectivity index (χ0v) is 19.0. The Morgan fingerprint density at radius 2 is 1.66 bits per heavy atom. The number of hydrogen-bond donors (Lipinski definition) is 1. The Morgan fingerprint density at radius 1 is 1.03 bits per heavy atom. The van der Waals surface area contributed by atoms with Gasteiger partial charge >= 0.3 is 12.1 Å². The maximum Gasteiger partial charge on any atom is 0.416 e. The minimum atomic E-state index is -4.47. The van der Waals surface area contributed by atoms with Crippen LogP contribution in [0.1, 0.15) is 52.7 Å². The average molecular weight is 496 g/mol. The number of ether oxygens (including phenoxy) is 1. The molecule has 0 spiro atoms. The number of halogens is 5. The van der Waals surface area contributed by atoms with E-state index in [-0.39, 0.29) is 13.1 Å². The number of amides is 1. The fraction of sp³-hybridized carbons (Fsp3) is 0.440. The largest absolute Gasteiger partial charge is 0.465 e. The molecule has 4 rings (SSSR count). The summed E-state index contributed by atoms with van der Waals surface area (Å²) in [5.41, 5.74) is 0.122. The summed E-state index contributed by atoms with van der Waals surface area (Å²) >= 11 is 0. The summed E-state index contributed by atoms with van der Waals surface area (Å²) < 4.78 is 71.7. The van der Waals surface area contributed by atoms with Gasteiger partial charge in [-0.2, -0.15) is 13.2 Å². The highest BCUT2D eigenvalue weighted by atomic mass is 19.4. The van der Waals surface area contributed by atoms with Crippen LogP contribution in [0.5, 0.6) is 0 Å². The Labute approximate surface area is 199 Å². The number of carbonyl (C=O) groups is 2. The highest BCUT2D eigenvalue weighted by Crippen LogP contribution is 2.46. The molecule has 188 valence electrons. The molecule has 2 aromatic carbocycles. The number of hydrogen-bond acceptors (Lipinski definition) is 4. The second-order valence-electron chi connectivity index (χ2n) is 9.13. The molecule has 0 bridgehead atoms. The monoisotopic (exact) mass is 496 g/mol. The van der Waals surface area contributed by atoms with Crippen molar-refractivity contribution in [2.45, 2.75) is 55.9 Å². The summed E-state index contributed by atoms with van der Waals surface area (Å²) in [7, 11) is 1.27. The van der Waals surface area contributed by atoms with Gasteiger partial charge in [0.15, 0.2) is 0 Å². The van der Waals surface area contributed by atoms with Gasteiger partial charge in [-0.05, 0) is 48.2 Å². The Bertz CT molecular complexity index is 1080. The summed E-state index contributed by atoms with van der Waals surface area (Å²) in [6.07, 6.45) is -4.33. The SMILES string of the molecule is COC(=O)c1ccc(C2(NC(=O)C3CC(F)(F)CCN3Cc3ccc(C(F)(F)F)cc3)CC2)cc1. The molecule has 1 saturated carbocycles. The lowest BCUT2D eigenvalue weighted by molar-refractivity contribution is -0.139. The second kappa shape index (κ2) is 9.22. The Hall–Kier alpha value is -3.01. The van der Waals surface area contributed by atoms with E-state index < -0.39 is 54.0 Å². The van der Waals surface area contributed by atoms with Gasteiger partial charge in [0, 0.05) is 25.9 Å². The molecule has 2 aromatic rings. The number of alkyl halides is 5. The van der Waals surface area contributed by atoms with Crippen molar-refractivity contribution in [3.05, 3.63) is 70.8 Å². The first-order chi connectivity index (χ1) is 16.4. The molecule has 1 amide bonds. The van der Waals surface area contributed by atoms with Crippen LogP contribution in [0.3, 0.4) is 0 Å². The number of nitrogens with zero attached hydrogens (tertiary/aromatic N) is 1. The average Bonchev–Trinajstić information content (AvgIpc) is 3.60. The lowest BCUT2D eigenvalue weighted by atomic mass is 9.95. The fourth-order valence-electron chi connectivity index (χ4n) is 4.43. The molecule has 1 unspecified atom stereocenters. The van der Waals surface area contributed by atoms with E-state index in [4.69, 9.17) is 0 Å². The highest BCUT2D eigenvalue weighted by Gasteiger charge is 2.49. The van der Waals surface area contributed by atoms with Crippen LogP contribution in [-0.4, -0.2) is 42.4 Å². The third-order valence-corrected chi connectivity index (χ3v) is 6.64. The number of likely N-dealkylation sites (tertiary alicyclic amines) is 1. The number of benzene rings is 2. The van der Waals surface area contributed by atoms with E-state index in [1.54, 1.807) is 29.2 Å². The topological polar surface area (TPSA) is 58.6 Å². The van der Waals surface area contributed by atoms with Crippen molar-refractivity contribution in [2.75, 3.05) is 13.7 Å². The predicted molar refractivity (Wildman–Crippen MR) is 117 cm³/mol. The standard InChI is InChI=1S/C25H25F5N2O3/c1-35-22(34)17-4-8-18(9-5-17)23(10-11-23)31-21(33)20-14-24(26,27)12-13-32(20)15-16-2-6-19(7-3-16)25(28,29)30/h2-9,20H,10-15H2,1H3,(H,31,33). The van der Waals surface area contributed by atoms with E-state index in [1.165, 1.54) is 19.2 Å². The van der Waals surface area contributed by atoms with Crippen molar-refractivity contribution in [2.24, 2.45) is 0 Å². The van der Waals surface area contributed by atoms with Crippen LogP contribution in [0.2, 0.25) is 0 Å². The number of rotatable bonds is 6. The van der Waals surface area contributed by atoms with E-state index in [0.717, 1.165) is 17.7 Å². The number of methoxy groups -OCH3 is 1. The maximum absolute atomic E-state index is 14.3. The van der Waals surface area contributed by atoms with E-state index in [9.17, 15) is 31.5 Å². The predicted octanol–water partition coefficient (Wildman–Crippen LogP) is 4.90. The second-order valence-corrected chi connectivity index (χ2v) is 9.13. The molecule has 35 heavy (non-hydrogen) atoms. The van der Waals surface area contributed by atoms with E-state index in [1.807, 2.05) is 0 Å². The molecule has 1 aliphatic heterocycles. The van der Waals surface area contributed by atoms with Gasteiger partial charge in [0.05, 0.1) is 29.8 Å². The van der Waals surface area contributed by atoms with Crippen LogP contribution in [0, 0.1) is 0 Å². The number of piperidine rings is 1. The summed E-state index contributed by atoms with van der Waals surface area (Å²) in [5.74, 6) is -4.06. The molecule has 0 radical (unpaired) electrons. The maximum atomic E-state index is 14.3. The molecule has 10 heteroatoms. The highest BCUT2D eigenvalue weighted by molar-refractivity contribution is 5.89. The molecule has 2 aliphatic rings. The van der Waals surface area contributed by atoms with Gasteiger partial charge in [0.25, 0.3) is 5.92 Å². The molecule has 1 N–H and O–H groups in total. The fourth-order valence-corrected chi connectivity index (χ4v) is 4.43. The zero-order chi connectivity index (χ0) is 25.4. The first-order valence-corrected chi connectivity index (χ1v) is 11.2. The van der Waals surface area contributed by atoms with Crippen molar-refractivity contribution in [3.8, 4) is 0 Å². The summed E-state index contributed by atoms with van der Waals surface area (Å²) in [4.78, 5) is 26.5. The van der Waals surface area contributed by atoms with E-state index >= 15 is 0 Å². The van der Waals surface area contributed by atoms with Gasteiger partial charge in [0.2, 0.25) is 5.91 Å². The van der Waals surface area contributed by atoms with Crippen LogP contribution in [0.25, 0.3) is 0 Å². The minimum absolute atomic E-state index is 0.0626. The van der Waals surface area contributed by atoms with Crippen LogP contribution < -0.4 is 5.32 Å². The smallest absolute Gasteiger partial charge is 0.416 e. The molecule has 2 fully saturated rings. The van der Waals surface area contributed by atoms with Gasteiger partial charge in [-0.3, -0.25) is 9.69 Å². The van der Waals surface area contributed by atoms with E-state index in [0.29, 0.717) is 24.0 Å². The lowest BCUT2D eigenvalue weighted by Crippen LogP contribution is -2.55. The minimum Gasteiger partial charge on any atom is -0.465 e. The first kappa shape index (κ1) is 25.1. The molecular formula is C25H25F5N2O3. The quantitative estimate of drug-likeness (QED) is 0.457. The van der Waals surface area contributed by atoms with Crippen molar-refractivity contribution in [3.63, 3.8) is 0 Å². The van der Waals surface area contributed by atoms with Crippen molar-refractivity contribution in [1.29, 1.82) is 0 Å². The van der Waals surface area contributed by atoms with Crippen LogP contribution in [-0.2, 0) is 27.8 Å². The van der Waals surface area contributed by atoms with Gasteiger partial charge in [-0.15, -0.1) is 0 Å². The van der Waals surface area contributed by atoms with Gasteiger partial charge in [-0.25, -0.2) is 13.6 Å². The molecule has 1 heterocycles. The van der Waals surface area contributed by atoms with E-state index in [2.05, 4.69) is 10.1 Å². The Morgan fingerprint density at radius 3 is 2.20 bits per heavy atom. The summed E-state index contributed by atoms with van der Waals surface area (Å²) in [6, 6.07) is 9.93. The molecule has 1 aliphatic carbocycles. The van der Waals surface area contributed by atoms with Crippen molar-refractivity contribution in [1.82, 2.24) is 10.2 Å². The zero-order valence-electron chi connectivity index (χ0n) is 19.0. The molecule has 1 atom stereocenters. The third kappa shape index (κ3) is 5.63. The normalized spacial score (nSPS) is 21.3. The Kier molecular flexibility index (Phi) is 6.61. The first-order valence-electron chi connectivity index (χ1n) is 11.2. The molecular weight excluding hydrogens is 471 g/mol. The van der Waals surface area contributed by atoms with Gasteiger partial charge in [0.1, 0.15) is 0 Å². The number of carbonyl (C=O) groups excluding carboxylic acids is 2. The molecule has 5 nitrogen and oxygen atoms in total. The molecule has 0 aromatic heterocycles. The lowest BCUT2D eigenvalue weighted by Gasteiger charge is -2.39. The van der Waals surface area contributed by atoms with Gasteiger partial charge in [-0.1, -0.05) is 24.3 Å². The summed E-state index contributed by atoms with van der Waals surface area (Å²) in [5, 5.41) is 2.92. The Balaban J connectivity index is 1.49. The van der Waals surface area contributed by atoms with Crippen molar-refractivity contribution < 1.29 is 36.3 Å². The molecule has 1 saturated heterocycles. The van der Waals surface area contributed by atoms with Crippen LogP contribution >= 0.6 is 0 Å². The van der Waals surface area contributed by atoms with Crippen LogP contribution in [0.4, 0.5) is 22.0 Å². The van der Waals surface area contributed by atoms with Crippen molar-refractivity contribution >= 4 is 11.9 Å². The summed E-state index contributed by atoms with van der Waals surface area (Å²) in [6.45, 7) is 0.0140. The third-order valence-electron chi connectivity index (χ3n) is 6.64.